The van der Waals surface area contributed by atoms with Crippen LogP contribution >= 0.6 is 8.09 Å². The van der Waals surface area contributed by atoms with Gasteiger partial charge in [-0.25, -0.2) is 0 Å². The zero-order chi connectivity index (χ0) is 13.6. The number of para-hydroxylation sites is 2. The van der Waals surface area contributed by atoms with Crippen molar-refractivity contribution in [2.75, 3.05) is 7.05 Å². The normalized spacial score (nSPS) is 12.3. The Hall–Kier alpha value is -1.97. The Balaban J connectivity index is 2.18. The summed E-state index contributed by atoms with van der Waals surface area (Å²) in [5, 5.41) is 3.59. The predicted molar refractivity (Wildman–Crippen MR) is 75.5 cm³/mol. The number of hydrogen-bond donors (Lipinski definition) is 1. The first kappa shape index (κ1) is 13.5. The summed E-state index contributed by atoms with van der Waals surface area (Å²) in [4.78, 5) is 14.1. The third-order valence-electron chi connectivity index (χ3n) is 2.21. The molecule has 1 N–H and O–H groups in total. The molecule has 0 unspecified atom stereocenters. The molecule has 2 aromatic carbocycles. The standard InChI is InChI=1S/C13H15N2O3P/c1-14-15-19(16,17-12-8-4-2-5-9-12)18-13-10-6-3-7-11-13/h2-11,16,19H,1H3/b15-14+. The first-order valence-corrected chi connectivity index (χ1v) is 7.44. The molecule has 0 radical (unpaired) electrons. The molecule has 0 aliphatic heterocycles. The van der Waals surface area contributed by atoms with Gasteiger partial charge in [-0.15, -0.1) is 0 Å². The summed E-state index contributed by atoms with van der Waals surface area (Å²) >= 11 is 0. The predicted octanol–water partition coefficient (Wildman–Crippen LogP) is 3.63. The molecule has 6 heteroatoms. The Morgan fingerprint density at radius 1 is 0.842 bits per heavy atom. The van der Waals surface area contributed by atoms with Gasteiger partial charge in [-0.05, 0) is 0 Å². The molecule has 2 aromatic rings. The van der Waals surface area contributed by atoms with Gasteiger partial charge >= 0.3 is 111 Å². The van der Waals surface area contributed by atoms with Crippen LogP contribution < -0.4 is 9.05 Å². The molecule has 0 atom stereocenters. The van der Waals surface area contributed by atoms with Gasteiger partial charge in [0.1, 0.15) is 0 Å². The molecule has 0 aliphatic carbocycles. The van der Waals surface area contributed by atoms with Crippen LogP contribution in [0.25, 0.3) is 0 Å². The Morgan fingerprint density at radius 2 is 1.26 bits per heavy atom. The van der Waals surface area contributed by atoms with Crippen molar-refractivity contribution in [3.05, 3.63) is 60.7 Å². The molecule has 0 aromatic heterocycles. The van der Waals surface area contributed by atoms with E-state index in [9.17, 15) is 4.89 Å². The Bertz CT molecular complexity index is 493. The van der Waals surface area contributed by atoms with E-state index < -0.39 is 8.09 Å². The van der Waals surface area contributed by atoms with Gasteiger partial charge in [-0.1, -0.05) is 0 Å². The van der Waals surface area contributed by atoms with E-state index in [1.165, 1.54) is 7.05 Å². The Labute approximate surface area is 112 Å². The van der Waals surface area contributed by atoms with Gasteiger partial charge < -0.3 is 0 Å². The second-order valence-corrected chi connectivity index (χ2v) is 5.38. The van der Waals surface area contributed by atoms with Crippen LogP contribution in [0.3, 0.4) is 0 Å². The van der Waals surface area contributed by atoms with E-state index in [0.717, 1.165) is 0 Å². The first-order chi connectivity index (χ1) is 9.22. The first-order valence-electron chi connectivity index (χ1n) is 5.73. The number of hydrogen-bond acceptors (Lipinski definition) is 5. The van der Waals surface area contributed by atoms with Crippen molar-refractivity contribution in [3.8, 4) is 11.5 Å². The summed E-state index contributed by atoms with van der Waals surface area (Å²) in [6.45, 7) is 0. The zero-order valence-corrected chi connectivity index (χ0v) is 11.4. The van der Waals surface area contributed by atoms with E-state index >= 15 is 0 Å². The molecule has 0 saturated carbocycles. The molecule has 100 valence electrons. The SMILES string of the molecule is C/N=N/[PH](O)(Oc1ccccc1)Oc1ccccc1. The van der Waals surface area contributed by atoms with E-state index in [0.29, 0.717) is 11.5 Å². The van der Waals surface area contributed by atoms with Crippen LogP contribution in [-0.4, -0.2) is 11.9 Å². The Morgan fingerprint density at radius 3 is 1.63 bits per heavy atom. The van der Waals surface area contributed by atoms with Crippen molar-refractivity contribution in [1.29, 1.82) is 0 Å². The summed E-state index contributed by atoms with van der Waals surface area (Å²) in [5.74, 6) is 0.972. The van der Waals surface area contributed by atoms with Gasteiger partial charge in [0, 0.05) is 0 Å². The molecule has 5 nitrogen and oxygen atoms in total. The van der Waals surface area contributed by atoms with Crippen LogP contribution in [-0.2, 0) is 0 Å². The molecule has 0 saturated heterocycles. The maximum absolute atomic E-state index is 10.4. The van der Waals surface area contributed by atoms with E-state index in [1.807, 2.05) is 12.1 Å². The van der Waals surface area contributed by atoms with Crippen molar-refractivity contribution < 1.29 is 13.9 Å². The number of nitrogens with zero attached hydrogens (tertiary/aromatic N) is 2. The van der Waals surface area contributed by atoms with Crippen molar-refractivity contribution in [2.24, 2.45) is 10.00 Å². The fourth-order valence-electron chi connectivity index (χ4n) is 1.47. The molecule has 0 spiro atoms. The molecular formula is C13H15N2O3P. The van der Waals surface area contributed by atoms with E-state index in [2.05, 4.69) is 10.00 Å². The second kappa shape index (κ2) is 6.27. The van der Waals surface area contributed by atoms with E-state index in [-0.39, 0.29) is 0 Å². The summed E-state index contributed by atoms with van der Waals surface area (Å²) < 4.78 is 10.9. The van der Waals surface area contributed by atoms with Crippen LogP contribution in [0.5, 0.6) is 11.5 Å². The van der Waals surface area contributed by atoms with Gasteiger partial charge in [0.2, 0.25) is 0 Å². The van der Waals surface area contributed by atoms with Gasteiger partial charge in [-0.2, -0.15) is 0 Å². The second-order valence-electron chi connectivity index (χ2n) is 3.68. The van der Waals surface area contributed by atoms with Gasteiger partial charge in [0.25, 0.3) is 0 Å². The third-order valence-corrected chi connectivity index (χ3v) is 3.67. The third kappa shape index (κ3) is 4.02. The molecular weight excluding hydrogens is 263 g/mol. The summed E-state index contributed by atoms with van der Waals surface area (Å²) in [6.07, 6.45) is 0. The van der Waals surface area contributed by atoms with Gasteiger partial charge in [-0.3, -0.25) is 0 Å². The zero-order valence-electron chi connectivity index (χ0n) is 10.4. The molecule has 0 fully saturated rings. The Kier molecular flexibility index (Phi) is 4.44. The van der Waals surface area contributed by atoms with Crippen molar-refractivity contribution in [3.63, 3.8) is 0 Å². The quantitative estimate of drug-likeness (QED) is 0.671. The minimum absolute atomic E-state index is 0.486. The molecule has 2 rings (SSSR count). The van der Waals surface area contributed by atoms with Crippen LogP contribution in [0, 0.1) is 0 Å². The maximum atomic E-state index is 10.4. The minimum atomic E-state index is -3.77. The van der Waals surface area contributed by atoms with Gasteiger partial charge in [0.05, 0.1) is 0 Å². The average molecular weight is 278 g/mol. The molecule has 0 amide bonds. The monoisotopic (exact) mass is 278 g/mol. The van der Waals surface area contributed by atoms with Crippen LogP contribution in [0.2, 0.25) is 0 Å². The fraction of sp³-hybridized carbons (Fsp3) is 0.0769. The van der Waals surface area contributed by atoms with E-state index in [1.54, 1.807) is 48.5 Å². The number of benzene rings is 2. The molecule has 19 heavy (non-hydrogen) atoms. The number of rotatable bonds is 5. The van der Waals surface area contributed by atoms with Crippen molar-refractivity contribution in [1.82, 2.24) is 0 Å². The average Bonchev–Trinajstić information content (AvgIpc) is 2.41. The van der Waals surface area contributed by atoms with Gasteiger partial charge in [0.15, 0.2) is 0 Å². The topological polar surface area (TPSA) is 63.4 Å². The summed E-state index contributed by atoms with van der Waals surface area (Å²) in [6, 6.07) is 17.8. The van der Waals surface area contributed by atoms with Crippen molar-refractivity contribution >= 4 is 8.09 Å². The fourth-order valence-corrected chi connectivity index (χ4v) is 2.73. The summed E-state index contributed by atoms with van der Waals surface area (Å²) in [7, 11) is -2.31. The molecule has 0 heterocycles. The summed E-state index contributed by atoms with van der Waals surface area (Å²) in [5.41, 5.74) is 0. The van der Waals surface area contributed by atoms with Crippen molar-refractivity contribution in [2.45, 2.75) is 0 Å². The van der Waals surface area contributed by atoms with Crippen LogP contribution in [0.4, 0.5) is 0 Å². The molecule has 0 bridgehead atoms. The van der Waals surface area contributed by atoms with Crippen LogP contribution in [0.1, 0.15) is 0 Å². The van der Waals surface area contributed by atoms with Crippen LogP contribution in [0.15, 0.2) is 70.7 Å². The van der Waals surface area contributed by atoms with E-state index in [4.69, 9.17) is 9.05 Å². The molecule has 0 aliphatic rings.